The molecule has 0 atom stereocenters. The van der Waals surface area contributed by atoms with Crippen molar-refractivity contribution in [3.8, 4) is 0 Å². The highest BCUT2D eigenvalue weighted by molar-refractivity contribution is 6.30. The van der Waals surface area contributed by atoms with Crippen LogP contribution in [0.4, 0.5) is 10.3 Å². The van der Waals surface area contributed by atoms with Crippen molar-refractivity contribution in [1.82, 2.24) is 14.9 Å². The van der Waals surface area contributed by atoms with Gasteiger partial charge in [-0.3, -0.25) is 0 Å². The zero-order chi connectivity index (χ0) is 18.9. The molecule has 0 spiro atoms. The van der Waals surface area contributed by atoms with Crippen molar-refractivity contribution >= 4 is 23.5 Å². The van der Waals surface area contributed by atoms with Gasteiger partial charge in [-0.1, -0.05) is 23.7 Å². The molecule has 142 valence electrons. The second-order valence-electron chi connectivity index (χ2n) is 7.05. The number of nitrogens with zero attached hydrogens (tertiary/aromatic N) is 5. The SMILES string of the molecule is NC(=NC1CC(F)(c2cccc(Cl)c2)C1)N1CCN(c2ncccn2)CC1. The molecule has 1 aliphatic heterocycles. The summed E-state index contributed by atoms with van der Waals surface area (Å²) in [6, 6.07) is 8.71. The molecule has 0 unspecified atom stereocenters. The number of halogens is 2. The van der Waals surface area contributed by atoms with Gasteiger partial charge < -0.3 is 15.5 Å². The van der Waals surface area contributed by atoms with Gasteiger partial charge in [0.2, 0.25) is 5.95 Å². The summed E-state index contributed by atoms with van der Waals surface area (Å²) in [7, 11) is 0. The smallest absolute Gasteiger partial charge is 0.225 e. The third-order valence-corrected chi connectivity index (χ3v) is 5.45. The number of hydrogen-bond donors (Lipinski definition) is 1. The molecule has 1 saturated heterocycles. The Kier molecular flexibility index (Phi) is 4.86. The zero-order valence-corrected chi connectivity index (χ0v) is 15.7. The number of piperazine rings is 1. The van der Waals surface area contributed by atoms with Crippen LogP contribution in [0.25, 0.3) is 0 Å². The van der Waals surface area contributed by atoms with Crippen molar-refractivity contribution < 1.29 is 4.39 Å². The fourth-order valence-corrected chi connectivity index (χ4v) is 3.83. The summed E-state index contributed by atoms with van der Waals surface area (Å²) < 4.78 is 15.0. The summed E-state index contributed by atoms with van der Waals surface area (Å²) in [5.41, 5.74) is 5.44. The molecule has 2 aliphatic rings. The predicted molar refractivity (Wildman–Crippen MR) is 105 cm³/mol. The Morgan fingerprint density at radius 1 is 1.15 bits per heavy atom. The first-order valence-electron chi connectivity index (χ1n) is 9.09. The maximum absolute atomic E-state index is 15.0. The van der Waals surface area contributed by atoms with Gasteiger partial charge in [0.15, 0.2) is 5.96 Å². The van der Waals surface area contributed by atoms with Gasteiger partial charge in [0.25, 0.3) is 0 Å². The first-order valence-corrected chi connectivity index (χ1v) is 9.46. The van der Waals surface area contributed by atoms with Crippen molar-refractivity contribution in [1.29, 1.82) is 0 Å². The van der Waals surface area contributed by atoms with Gasteiger partial charge >= 0.3 is 0 Å². The van der Waals surface area contributed by atoms with Crippen molar-refractivity contribution in [2.45, 2.75) is 24.6 Å². The summed E-state index contributed by atoms with van der Waals surface area (Å²) in [6.45, 7) is 3.05. The van der Waals surface area contributed by atoms with Gasteiger partial charge in [-0.25, -0.2) is 19.4 Å². The Morgan fingerprint density at radius 2 is 1.85 bits per heavy atom. The van der Waals surface area contributed by atoms with Crippen LogP contribution in [0.2, 0.25) is 5.02 Å². The Bertz CT molecular complexity index is 816. The molecule has 1 aromatic carbocycles. The maximum atomic E-state index is 15.0. The molecule has 27 heavy (non-hydrogen) atoms. The fraction of sp³-hybridized carbons (Fsp3) is 0.421. The summed E-state index contributed by atoms with van der Waals surface area (Å²) in [4.78, 5) is 17.3. The summed E-state index contributed by atoms with van der Waals surface area (Å²) in [5, 5.41) is 0.552. The molecule has 2 fully saturated rings. The Balaban J connectivity index is 1.32. The van der Waals surface area contributed by atoms with E-state index in [1.165, 1.54) is 0 Å². The van der Waals surface area contributed by atoms with E-state index >= 15 is 0 Å². The van der Waals surface area contributed by atoms with Crippen LogP contribution in [0.5, 0.6) is 0 Å². The number of nitrogens with two attached hydrogens (primary N) is 1. The Morgan fingerprint density at radius 3 is 2.52 bits per heavy atom. The van der Waals surface area contributed by atoms with E-state index in [1.54, 1.807) is 42.7 Å². The lowest BCUT2D eigenvalue weighted by atomic mass is 9.73. The summed E-state index contributed by atoms with van der Waals surface area (Å²) in [6.07, 6.45) is 4.16. The average Bonchev–Trinajstić information content (AvgIpc) is 2.67. The number of rotatable bonds is 3. The second-order valence-corrected chi connectivity index (χ2v) is 7.48. The quantitative estimate of drug-likeness (QED) is 0.646. The van der Waals surface area contributed by atoms with Crippen LogP contribution in [-0.2, 0) is 5.67 Å². The maximum Gasteiger partial charge on any atom is 0.225 e. The van der Waals surface area contributed by atoms with Gasteiger partial charge in [-0.15, -0.1) is 0 Å². The highest BCUT2D eigenvalue weighted by Gasteiger charge is 2.46. The standard InChI is InChI=1S/C19H22ClFN6/c20-15-4-1-3-14(11-15)19(21)12-16(13-19)25-17(22)26-7-9-27(10-8-26)18-23-5-2-6-24-18/h1-6,11,16H,7-10,12-13H2,(H2,22,25). The molecule has 4 rings (SSSR count). The highest BCUT2D eigenvalue weighted by Crippen LogP contribution is 2.47. The topological polar surface area (TPSA) is 70.6 Å². The van der Waals surface area contributed by atoms with Crippen molar-refractivity contribution in [2.24, 2.45) is 10.7 Å². The number of anilines is 1. The molecule has 0 bridgehead atoms. The number of benzene rings is 1. The molecule has 2 N–H and O–H groups in total. The van der Waals surface area contributed by atoms with E-state index in [0.717, 1.165) is 32.1 Å². The number of aliphatic imine (C=N–C) groups is 1. The predicted octanol–water partition coefficient (Wildman–Crippen LogP) is 2.59. The molecule has 2 heterocycles. The number of hydrogen-bond acceptors (Lipinski definition) is 4. The van der Waals surface area contributed by atoms with Crippen molar-refractivity contribution in [2.75, 3.05) is 31.1 Å². The minimum absolute atomic E-state index is 0.0931. The molecular formula is C19H22ClFN6. The Hall–Kier alpha value is -2.41. The van der Waals surface area contributed by atoms with E-state index in [0.29, 0.717) is 29.4 Å². The number of alkyl halides is 1. The summed E-state index contributed by atoms with van der Waals surface area (Å²) in [5.74, 6) is 1.22. The van der Waals surface area contributed by atoms with E-state index in [9.17, 15) is 4.39 Å². The van der Waals surface area contributed by atoms with Crippen LogP contribution in [0.15, 0.2) is 47.7 Å². The Labute approximate surface area is 162 Å². The van der Waals surface area contributed by atoms with Crippen LogP contribution < -0.4 is 10.6 Å². The lowest BCUT2D eigenvalue weighted by Gasteiger charge is -2.41. The minimum atomic E-state index is -1.36. The molecule has 0 radical (unpaired) electrons. The van der Waals surface area contributed by atoms with Crippen molar-refractivity contribution in [3.05, 3.63) is 53.3 Å². The van der Waals surface area contributed by atoms with E-state index in [4.69, 9.17) is 17.3 Å². The van der Waals surface area contributed by atoms with E-state index < -0.39 is 5.67 Å². The lowest BCUT2D eigenvalue weighted by molar-refractivity contribution is 0.0409. The van der Waals surface area contributed by atoms with Crippen LogP contribution >= 0.6 is 11.6 Å². The second kappa shape index (κ2) is 7.31. The summed E-state index contributed by atoms with van der Waals surface area (Å²) >= 11 is 5.98. The van der Waals surface area contributed by atoms with Crippen LogP contribution in [0, 0.1) is 0 Å². The minimum Gasteiger partial charge on any atom is -0.370 e. The van der Waals surface area contributed by atoms with Gasteiger partial charge in [0.1, 0.15) is 5.67 Å². The molecular weight excluding hydrogens is 367 g/mol. The third kappa shape index (κ3) is 3.83. The fourth-order valence-electron chi connectivity index (χ4n) is 3.64. The zero-order valence-electron chi connectivity index (χ0n) is 14.9. The van der Waals surface area contributed by atoms with Crippen LogP contribution in [-0.4, -0.2) is 53.0 Å². The third-order valence-electron chi connectivity index (χ3n) is 5.21. The van der Waals surface area contributed by atoms with Gasteiger partial charge in [-0.2, -0.15) is 0 Å². The van der Waals surface area contributed by atoms with E-state index in [-0.39, 0.29) is 6.04 Å². The molecule has 6 nitrogen and oxygen atoms in total. The first kappa shape index (κ1) is 18.0. The van der Waals surface area contributed by atoms with E-state index in [1.807, 2.05) is 4.90 Å². The molecule has 8 heteroatoms. The normalized spacial score (nSPS) is 26.0. The van der Waals surface area contributed by atoms with Gasteiger partial charge in [-0.05, 0) is 23.8 Å². The van der Waals surface area contributed by atoms with Crippen LogP contribution in [0.3, 0.4) is 0 Å². The molecule has 1 aliphatic carbocycles. The van der Waals surface area contributed by atoms with E-state index in [2.05, 4.69) is 19.9 Å². The molecule has 0 amide bonds. The average molecular weight is 389 g/mol. The highest BCUT2D eigenvalue weighted by atomic mass is 35.5. The van der Waals surface area contributed by atoms with Crippen molar-refractivity contribution in [3.63, 3.8) is 0 Å². The number of aromatic nitrogens is 2. The van der Waals surface area contributed by atoms with Gasteiger partial charge in [0, 0.05) is 56.4 Å². The first-order chi connectivity index (χ1) is 13.0. The molecule has 1 aromatic heterocycles. The molecule has 2 aromatic rings. The molecule has 1 saturated carbocycles. The van der Waals surface area contributed by atoms with Crippen LogP contribution in [0.1, 0.15) is 18.4 Å². The largest absolute Gasteiger partial charge is 0.370 e. The lowest BCUT2D eigenvalue weighted by Crippen LogP contribution is -2.52. The number of guanidine groups is 1. The van der Waals surface area contributed by atoms with Gasteiger partial charge in [0.05, 0.1) is 6.04 Å². The monoisotopic (exact) mass is 388 g/mol.